The number of amides is 3. The quantitative estimate of drug-likeness (QED) is 0.477. The minimum atomic E-state index is -0.389. The van der Waals surface area contributed by atoms with Crippen molar-refractivity contribution in [3.8, 4) is 0 Å². The highest BCUT2D eigenvalue weighted by Crippen LogP contribution is 2.16. The van der Waals surface area contributed by atoms with Crippen molar-refractivity contribution in [3.63, 3.8) is 0 Å². The van der Waals surface area contributed by atoms with Gasteiger partial charge in [0.15, 0.2) is 0 Å². The van der Waals surface area contributed by atoms with Crippen molar-refractivity contribution in [2.24, 2.45) is 0 Å². The predicted octanol–water partition coefficient (Wildman–Crippen LogP) is 0.870. The normalized spacial score (nSPS) is 19.8. The molecule has 0 atom stereocenters. The molecule has 1 aliphatic heterocycles. The minimum absolute atomic E-state index is 0.0874. The van der Waals surface area contributed by atoms with Crippen LogP contribution in [0.5, 0.6) is 0 Å². The van der Waals surface area contributed by atoms with E-state index in [4.69, 9.17) is 0 Å². The fourth-order valence-electron chi connectivity index (χ4n) is 0.450. The molecule has 0 N–H and O–H groups in total. The Morgan fingerprint density at radius 3 is 2.00 bits per heavy atom. The number of rotatable bonds is 0. The highest BCUT2D eigenvalue weighted by Gasteiger charge is 2.33. The van der Waals surface area contributed by atoms with Crippen LogP contribution in [0, 0.1) is 0 Å². The molecule has 1 heterocycles. The maximum Gasteiger partial charge on any atom is 0.347 e. The second-order valence-electron chi connectivity index (χ2n) is 1.48. The number of halogens is 2. The van der Waals surface area contributed by atoms with Crippen LogP contribution in [0.4, 0.5) is 4.79 Å². The van der Waals surface area contributed by atoms with E-state index in [2.05, 4.69) is 32.3 Å². The van der Waals surface area contributed by atoms with Crippen molar-refractivity contribution in [2.75, 3.05) is 6.54 Å². The van der Waals surface area contributed by atoms with E-state index in [9.17, 15) is 9.59 Å². The van der Waals surface area contributed by atoms with Gasteiger partial charge in [-0.25, -0.2) is 8.72 Å². The van der Waals surface area contributed by atoms with Crippen LogP contribution in [-0.4, -0.2) is 26.3 Å². The third-order valence-corrected chi connectivity index (χ3v) is 2.12. The smallest absolute Gasteiger partial charge is 0.271 e. The van der Waals surface area contributed by atoms with Gasteiger partial charge in [0, 0.05) is 0 Å². The molecule has 0 aliphatic carbocycles. The maximum absolute atomic E-state index is 10.7. The van der Waals surface area contributed by atoms with Gasteiger partial charge < -0.3 is 0 Å². The highest BCUT2D eigenvalue weighted by molar-refractivity contribution is 9.08. The number of carbonyl (C=O) groups excluding carboxylic acids is 2. The van der Waals surface area contributed by atoms with Gasteiger partial charge in [-0.3, -0.25) is 4.79 Å². The van der Waals surface area contributed by atoms with Crippen molar-refractivity contribution in [1.82, 2.24) is 7.85 Å². The summed E-state index contributed by atoms with van der Waals surface area (Å²) in [4.78, 5) is 21.2. The molecule has 0 aromatic carbocycles. The summed E-state index contributed by atoms with van der Waals surface area (Å²) in [7, 11) is 0. The van der Waals surface area contributed by atoms with Gasteiger partial charge in [-0.1, -0.05) is 0 Å². The zero-order chi connectivity index (χ0) is 7.02. The molecule has 0 bridgehead atoms. The molecular weight excluding hydrogens is 256 g/mol. The first-order valence-corrected chi connectivity index (χ1v) is 3.51. The monoisotopic (exact) mass is 256 g/mol. The average molecular weight is 258 g/mol. The van der Waals surface area contributed by atoms with Crippen LogP contribution in [0.15, 0.2) is 0 Å². The van der Waals surface area contributed by atoms with Crippen molar-refractivity contribution in [1.29, 1.82) is 0 Å². The van der Waals surface area contributed by atoms with Crippen LogP contribution in [0.2, 0.25) is 0 Å². The van der Waals surface area contributed by atoms with Gasteiger partial charge in [-0.15, -0.1) is 0 Å². The molecule has 0 spiro atoms. The molecule has 50 valence electrons. The number of nitrogens with zero attached hydrogens (tertiary/aromatic N) is 2. The molecule has 0 aromatic heterocycles. The lowest BCUT2D eigenvalue weighted by atomic mass is 10.7. The fourth-order valence-corrected chi connectivity index (χ4v) is 1.34. The summed E-state index contributed by atoms with van der Waals surface area (Å²) in [5.74, 6) is -0.267. The van der Waals surface area contributed by atoms with Gasteiger partial charge in [-0.05, 0) is 0 Å². The van der Waals surface area contributed by atoms with Gasteiger partial charge in [0.25, 0.3) is 5.91 Å². The van der Waals surface area contributed by atoms with Crippen molar-refractivity contribution in [3.05, 3.63) is 0 Å². The Morgan fingerprint density at radius 1 is 1.33 bits per heavy atom. The van der Waals surface area contributed by atoms with Crippen LogP contribution >= 0.6 is 32.3 Å². The van der Waals surface area contributed by atoms with Gasteiger partial charge in [0.2, 0.25) is 0 Å². The Labute approximate surface area is 68.5 Å². The van der Waals surface area contributed by atoms with E-state index in [1.165, 1.54) is 0 Å². The second kappa shape index (κ2) is 2.26. The van der Waals surface area contributed by atoms with E-state index in [-0.39, 0.29) is 18.5 Å². The van der Waals surface area contributed by atoms with E-state index in [1.807, 2.05) is 0 Å². The highest BCUT2D eigenvalue weighted by atomic mass is 79.9. The third-order valence-electron chi connectivity index (χ3n) is 0.869. The summed E-state index contributed by atoms with van der Waals surface area (Å²) in [6.07, 6.45) is 0. The molecule has 1 fully saturated rings. The number of imide groups is 1. The van der Waals surface area contributed by atoms with E-state index in [0.29, 0.717) is 0 Å². The summed E-state index contributed by atoms with van der Waals surface area (Å²) in [5, 5.41) is 0. The van der Waals surface area contributed by atoms with Crippen LogP contribution in [0.25, 0.3) is 0 Å². The standard InChI is InChI=1S/C3H2Br2N2O2/c4-6-1-2(8)7(5)3(6)9/h1H2. The molecule has 6 heteroatoms. The van der Waals surface area contributed by atoms with Crippen LogP contribution in [0.3, 0.4) is 0 Å². The molecule has 0 unspecified atom stereocenters. The summed E-state index contributed by atoms with van der Waals surface area (Å²) in [6, 6.07) is -0.389. The van der Waals surface area contributed by atoms with Gasteiger partial charge in [-0.2, -0.15) is 3.93 Å². The Bertz CT molecular complexity index is 171. The largest absolute Gasteiger partial charge is 0.347 e. The zero-order valence-electron chi connectivity index (χ0n) is 4.17. The second-order valence-corrected chi connectivity index (χ2v) is 3.04. The lowest BCUT2D eigenvalue weighted by molar-refractivity contribution is -0.121. The third kappa shape index (κ3) is 1.09. The molecule has 1 saturated heterocycles. The number of hydrogen-bond acceptors (Lipinski definition) is 2. The minimum Gasteiger partial charge on any atom is -0.271 e. The Kier molecular flexibility index (Phi) is 1.76. The molecule has 0 radical (unpaired) electrons. The maximum atomic E-state index is 10.7. The molecule has 1 aliphatic rings. The molecule has 0 aromatic rings. The van der Waals surface area contributed by atoms with E-state index in [1.54, 1.807) is 0 Å². The number of carbonyl (C=O) groups is 2. The molecule has 4 nitrogen and oxygen atoms in total. The van der Waals surface area contributed by atoms with Crippen LogP contribution < -0.4 is 0 Å². The lowest BCUT2D eigenvalue weighted by Crippen LogP contribution is -2.18. The first-order valence-electron chi connectivity index (χ1n) is 2.09. The summed E-state index contributed by atoms with van der Waals surface area (Å²) in [6.45, 7) is 0.0874. The Balaban J connectivity index is 2.77. The molecule has 1 rings (SSSR count). The molecular formula is C3H2Br2N2O2. The SMILES string of the molecule is O=C1CN(Br)C(=O)N1Br. The lowest BCUT2D eigenvalue weighted by Gasteiger charge is -2.00. The fraction of sp³-hybridized carbons (Fsp3) is 0.333. The topological polar surface area (TPSA) is 40.6 Å². The summed E-state index contributed by atoms with van der Waals surface area (Å²) >= 11 is 5.65. The van der Waals surface area contributed by atoms with Crippen LogP contribution in [0.1, 0.15) is 0 Å². The Hall–Kier alpha value is -0.100. The van der Waals surface area contributed by atoms with Crippen molar-refractivity contribution < 1.29 is 9.59 Å². The number of urea groups is 1. The van der Waals surface area contributed by atoms with Crippen molar-refractivity contribution in [2.45, 2.75) is 0 Å². The van der Waals surface area contributed by atoms with E-state index < -0.39 is 0 Å². The summed E-state index contributed by atoms with van der Waals surface area (Å²) in [5.41, 5.74) is 0. The van der Waals surface area contributed by atoms with Gasteiger partial charge in [0.05, 0.1) is 32.3 Å². The van der Waals surface area contributed by atoms with Gasteiger partial charge in [0.1, 0.15) is 6.54 Å². The zero-order valence-corrected chi connectivity index (χ0v) is 7.35. The number of hydrogen-bond donors (Lipinski definition) is 0. The average Bonchev–Trinajstić information content (AvgIpc) is 1.98. The molecule has 0 saturated carbocycles. The van der Waals surface area contributed by atoms with E-state index >= 15 is 0 Å². The van der Waals surface area contributed by atoms with E-state index in [0.717, 1.165) is 7.85 Å². The summed E-state index contributed by atoms with van der Waals surface area (Å²) < 4.78 is 2.02. The Morgan fingerprint density at radius 2 is 1.89 bits per heavy atom. The molecule has 3 amide bonds. The first kappa shape index (κ1) is 7.01. The van der Waals surface area contributed by atoms with Crippen molar-refractivity contribution >= 4 is 44.2 Å². The van der Waals surface area contributed by atoms with Crippen LogP contribution in [-0.2, 0) is 4.79 Å². The molecule has 9 heavy (non-hydrogen) atoms. The predicted molar refractivity (Wildman–Crippen MR) is 36.8 cm³/mol. The van der Waals surface area contributed by atoms with Gasteiger partial charge >= 0.3 is 6.03 Å². The first-order chi connectivity index (χ1) is 4.13.